The summed E-state index contributed by atoms with van der Waals surface area (Å²) in [6.07, 6.45) is -0.919. The average Bonchev–Trinajstić information content (AvgIpc) is 2.28. The number of hydrogen-bond donors (Lipinski definition) is 1. The molecule has 0 aliphatic rings. The second kappa shape index (κ2) is 4.85. The van der Waals surface area contributed by atoms with Crippen LogP contribution in [0.15, 0.2) is 24.3 Å². The third-order valence-corrected chi connectivity index (χ3v) is 2.83. The molecule has 0 fully saturated rings. The van der Waals surface area contributed by atoms with Crippen molar-refractivity contribution in [3.63, 3.8) is 0 Å². The predicted octanol–water partition coefficient (Wildman–Crippen LogP) is 2.57. The van der Waals surface area contributed by atoms with Crippen LogP contribution in [0.5, 0.6) is 0 Å². The van der Waals surface area contributed by atoms with Gasteiger partial charge >= 0.3 is 5.97 Å². The van der Waals surface area contributed by atoms with E-state index in [1.807, 2.05) is 0 Å². The maximum atomic E-state index is 11.5. The first kappa shape index (κ1) is 13.0. The normalized spacial score (nSPS) is 13.3. The SMILES string of the molecule is COC(=O)C(C)(C)[C@@H](O)c1ccc(Cl)cc1. The van der Waals surface area contributed by atoms with Gasteiger partial charge in [0, 0.05) is 5.02 Å². The van der Waals surface area contributed by atoms with E-state index in [2.05, 4.69) is 4.74 Å². The van der Waals surface area contributed by atoms with E-state index < -0.39 is 17.5 Å². The summed E-state index contributed by atoms with van der Waals surface area (Å²) in [6.45, 7) is 3.27. The predicted molar refractivity (Wildman–Crippen MR) is 62.2 cm³/mol. The molecule has 0 heterocycles. The van der Waals surface area contributed by atoms with E-state index in [1.54, 1.807) is 38.1 Å². The molecule has 1 rings (SSSR count). The van der Waals surface area contributed by atoms with Crippen LogP contribution in [0.4, 0.5) is 0 Å². The molecule has 0 amide bonds. The van der Waals surface area contributed by atoms with Crippen molar-refractivity contribution in [2.75, 3.05) is 7.11 Å². The second-order valence-electron chi connectivity index (χ2n) is 4.17. The van der Waals surface area contributed by atoms with E-state index in [-0.39, 0.29) is 0 Å². The number of benzene rings is 1. The molecule has 0 saturated heterocycles. The number of ether oxygens (including phenoxy) is 1. The van der Waals surface area contributed by atoms with Gasteiger partial charge in [-0.15, -0.1) is 0 Å². The van der Waals surface area contributed by atoms with Crippen LogP contribution in [-0.2, 0) is 9.53 Å². The molecule has 0 radical (unpaired) electrons. The number of methoxy groups -OCH3 is 1. The Bertz CT molecular complexity index is 370. The van der Waals surface area contributed by atoms with Crippen LogP contribution in [0.2, 0.25) is 5.02 Å². The molecule has 0 spiro atoms. The standard InChI is InChI=1S/C12H15ClO3/c1-12(2,11(15)16-3)10(14)8-4-6-9(13)7-5-8/h4-7,10,14H,1-3H3/t10-/m0/s1. The summed E-state index contributed by atoms with van der Waals surface area (Å²) >= 11 is 5.75. The van der Waals surface area contributed by atoms with Gasteiger partial charge in [0.25, 0.3) is 0 Å². The zero-order valence-corrected chi connectivity index (χ0v) is 10.3. The largest absolute Gasteiger partial charge is 0.469 e. The molecule has 1 atom stereocenters. The molecule has 88 valence electrons. The monoisotopic (exact) mass is 242 g/mol. The highest BCUT2D eigenvalue weighted by molar-refractivity contribution is 6.30. The number of esters is 1. The molecule has 0 unspecified atom stereocenters. The highest BCUT2D eigenvalue weighted by Crippen LogP contribution is 2.34. The molecule has 1 aromatic carbocycles. The Morgan fingerprint density at radius 1 is 1.38 bits per heavy atom. The van der Waals surface area contributed by atoms with E-state index >= 15 is 0 Å². The molecular formula is C12H15ClO3. The molecule has 1 N–H and O–H groups in total. The van der Waals surface area contributed by atoms with E-state index in [9.17, 15) is 9.90 Å². The lowest BCUT2D eigenvalue weighted by Crippen LogP contribution is -2.32. The van der Waals surface area contributed by atoms with E-state index in [4.69, 9.17) is 11.6 Å². The Morgan fingerprint density at radius 2 is 1.88 bits per heavy atom. The Kier molecular flexibility index (Phi) is 3.94. The van der Waals surface area contributed by atoms with Gasteiger partial charge in [-0.25, -0.2) is 0 Å². The zero-order chi connectivity index (χ0) is 12.3. The van der Waals surface area contributed by atoms with Crippen LogP contribution < -0.4 is 0 Å². The molecular weight excluding hydrogens is 228 g/mol. The minimum absolute atomic E-state index is 0.449. The summed E-state index contributed by atoms with van der Waals surface area (Å²) in [5.41, 5.74) is -0.345. The zero-order valence-electron chi connectivity index (χ0n) is 9.53. The van der Waals surface area contributed by atoms with E-state index in [1.165, 1.54) is 7.11 Å². The maximum Gasteiger partial charge on any atom is 0.314 e. The maximum absolute atomic E-state index is 11.5. The van der Waals surface area contributed by atoms with E-state index in [0.29, 0.717) is 10.6 Å². The van der Waals surface area contributed by atoms with Crippen LogP contribution in [-0.4, -0.2) is 18.2 Å². The van der Waals surface area contributed by atoms with Crippen LogP contribution in [0.25, 0.3) is 0 Å². The highest BCUT2D eigenvalue weighted by atomic mass is 35.5. The fourth-order valence-corrected chi connectivity index (χ4v) is 1.56. The van der Waals surface area contributed by atoms with Crippen LogP contribution in [0.1, 0.15) is 25.5 Å². The fourth-order valence-electron chi connectivity index (χ4n) is 1.44. The Morgan fingerprint density at radius 3 is 2.31 bits per heavy atom. The number of rotatable bonds is 3. The summed E-state index contributed by atoms with van der Waals surface area (Å²) < 4.78 is 4.66. The highest BCUT2D eigenvalue weighted by Gasteiger charge is 2.37. The van der Waals surface area contributed by atoms with Crippen molar-refractivity contribution in [3.05, 3.63) is 34.9 Å². The summed E-state index contributed by atoms with van der Waals surface area (Å²) in [4.78, 5) is 11.5. The van der Waals surface area contributed by atoms with Crippen molar-refractivity contribution in [1.82, 2.24) is 0 Å². The third kappa shape index (κ3) is 2.54. The number of halogens is 1. The van der Waals surface area contributed by atoms with Gasteiger partial charge in [-0.2, -0.15) is 0 Å². The topological polar surface area (TPSA) is 46.5 Å². The van der Waals surface area contributed by atoms with Gasteiger partial charge in [0.1, 0.15) is 0 Å². The van der Waals surface area contributed by atoms with Gasteiger partial charge in [-0.3, -0.25) is 4.79 Å². The van der Waals surface area contributed by atoms with E-state index in [0.717, 1.165) is 0 Å². The number of carbonyl (C=O) groups is 1. The third-order valence-electron chi connectivity index (χ3n) is 2.58. The number of aliphatic hydroxyl groups excluding tert-OH is 1. The molecule has 0 saturated carbocycles. The molecule has 4 heteroatoms. The lowest BCUT2D eigenvalue weighted by atomic mass is 9.83. The van der Waals surface area contributed by atoms with Crippen molar-refractivity contribution in [1.29, 1.82) is 0 Å². The molecule has 16 heavy (non-hydrogen) atoms. The number of hydrogen-bond acceptors (Lipinski definition) is 3. The van der Waals surface area contributed by atoms with Crippen LogP contribution >= 0.6 is 11.6 Å². The lowest BCUT2D eigenvalue weighted by molar-refractivity contribution is -0.157. The molecule has 0 aliphatic heterocycles. The summed E-state index contributed by atoms with van der Waals surface area (Å²) in [5, 5.41) is 10.7. The van der Waals surface area contributed by atoms with Gasteiger partial charge in [-0.05, 0) is 31.5 Å². The quantitative estimate of drug-likeness (QED) is 0.829. The fraction of sp³-hybridized carbons (Fsp3) is 0.417. The summed E-state index contributed by atoms with van der Waals surface area (Å²) in [7, 11) is 1.30. The smallest absolute Gasteiger partial charge is 0.314 e. The molecule has 0 bridgehead atoms. The first-order chi connectivity index (χ1) is 7.39. The Balaban J connectivity index is 2.97. The van der Waals surface area contributed by atoms with Crippen molar-refractivity contribution in [2.24, 2.45) is 5.41 Å². The first-order valence-electron chi connectivity index (χ1n) is 4.91. The number of aliphatic hydroxyl groups is 1. The van der Waals surface area contributed by atoms with Gasteiger partial charge < -0.3 is 9.84 Å². The van der Waals surface area contributed by atoms with Gasteiger partial charge in [-0.1, -0.05) is 23.7 Å². The molecule has 0 aliphatic carbocycles. The van der Waals surface area contributed by atoms with Crippen molar-refractivity contribution in [2.45, 2.75) is 20.0 Å². The Labute approximate surface area is 100.0 Å². The minimum Gasteiger partial charge on any atom is -0.469 e. The minimum atomic E-state index is -0.984. The summed E-state index contributed by atoms with van der Waals surface area (Å²) in [5.74, 6) is -0.449. The molecule has 1 aromatic rings. The second-order valence-corrected chi connectivity index (χ2v) is 4.60. The molecule has 3 nitrogen and oxygen atoms in total. The number of carbonyl (C=O) groups excluding carboxylic acids is 1. The average molecular weight is 243 g/mol. The van der Waals surface area contributed by atoms with Crippen LogP contribution in [0, 0.1) is 5.41 Å². The van der Waals surface area contributed by atoms with Gasteiger partial charge in [0.15, 0.2) is 0 Å². The van der Waals surface area contributed by atoms with Crippen LogP contribution in [0.3, 0.4) is 0 Å². The first-order valence-corrected chi connectivity index (χ1v) is 5.29. The van der Waals surface area contributed by atoms with Gasteiger partial charge in [0.05, 0.1) is 18.6 Å². The van der Waals surface area contributed by atoms with Crippen molar-refractivity contribution < 1.29 is 14.6 Å². The lowest BCUT2D eigenvalue weighted by Gasteiger charge is -2.27. The van der Waals surface area contributed by atoms with Crippen molar-refractivity contribution >= 4 is 17.6 Å². The summed E-state index contributed by atoms with van der Waals surface area (Å²) in [6, 6.07) is 6.73. The van der Waals surface area contributed by atoms with Crippen molar-refractivity contribution in [3.8, 4) is 0 Å². The molecule has 0 aromatic heterocycles. The van der Waals surface area contributed by atoms with Gasteiger partial charge in [0.2, 0.25) is 0 Å². The Hall–Kier alpha value is -1.06.